The van der Waals surface area contributed by atoms with Gasteiger partial charge in [-0.05, 0) is 35.8 Å². The summed E-state index contributed by atoms with van der Waals surface area (Å²) in [5.74, 6) is -1.28. The first-order chi connectivity index (χ1) is 7.45. The van der Waals surface area contributed by atoms with Gasteiger partial charge in [-0.3, -0.25) is 9.59 Å². The lowest BCUT2D eigenvalue weighted by Crippen LogP contribution is -2.35. The van der Waals surface area contributed by atoms with E-state index in [1.54, 1.807) is 19.9 Å². The zero-order valence-corrected chi connectivity index (χ0v) is 10.6. The van der Waals surface area contributed by atoms with Crippen LogP contribution in [-0.4, -0.2) is 35.0 Å². The van der Waals surface area contributed by atoms with E-state index in [0.29, 0.717) is 16.8 Å². The van der Waals surface area contributed by atoms with Crippen LogP contribution in [0.5, 0.6) is 0 Å². The summed E-state index contributed by atoms with van der Waals surface area (Å²) in [5, 5.41) is 8.65. The first-order valence-corrected chi connectivity index (χ1v) is 5.52. The van der Waals surface area contributed by atoms with E-state index < -0.39 is 11.9 Å². The molecule has 1 aromatic rings. The Morgan fingerprint density at radius 1 is 1.56 bits per heavy atom. The number of aryl methyl sites for hydroxylation is 1. The van der Waals surface area contributed by atoms with Crippen molar-refractivity contribution in [2.75, 3.05) is 13.1 Å². The Morgan fingerprint density at radius 2 is 2.19 bits per heavy atom. The van der Waals surface area contributed by atoms with Crippen molar-refractivity contribution in [1.29, 1.82) is 0 Å². The molecular weight excluding hydrogens is 278 g/mol. The molecular formula is C10H12BrNO4. The highest BCUT2D eigenvalue weighted by molar-refractivity contribution is 9.10. The Kier molecular flexibility index (Phi) is 4.12. The molecule has 1 rings (SSSR count). The number of hydrogen-bond donors (Lipinski definition) is 1. The fourth-order valence-corrected chi connectivity index (χ4v) is 1.79. The van der Waals surface area contributed by atoms with Crippen molar-refractivity contribution in [3.8, 4) is 0 Å². The fraction of sp³-hybridized carbons (Fsp3) is 0.400. The standard InChI is InChI=1S/C10H12BrNO4/c1-3-12(5-8(13)14)10(15)9-6(2)4-7(11)16-9/h4H,3,5H2,1-2H3,(H,13,14). The summed E-state index contributed by atoms with van der Waals surface area (Å²) in [5.41, 5.74) is 0.681. The van der Waals surface area contributed by atoms with E-state index in [1.165, 1.54) is 4.90 Å². The number of aliphatic carboxylic acids is 1. The first-order valence-electron chi connectivity index (χ1n) is 4.72. The monoisotopic (exact) mass is 289 g/mol. The Labute approximate surface area is 101 Å². The summed E-state index contributed by atoms with van der Waals surface area (Å²) in [7, 11) is 0. The highest BCUT2D eigenvalue weighted by Crippen LogP contribution is 2.20. The van der Waals surface area contributed by atoms with Crippen LogP contribution in [0.4, 0.5) is 0 Å². The summed E-state index contributed by atoms with van der Waals surface area (Å²) in [6, 6.07) is 1.67. The number of carbonyl (C=O) groups is 2. The molecule has 0 saturated heterocycles. The maximum Gasteiger partial charge on any atom is 0.323 e. The minimum atomic E-state index is -1.04. The van der Waals surface area contributed by atoms with Crippen LogP contribution in [0.25, 0.3) is 0 Å². The summed E-state index contributed by atoms with van der Waals surface area (Å²) < 4.78 is 5.63. The summed E-state index contributed by atoms with van der Waals surface area (Å²) in [4.78, 5) is 23.7. The summed E-state index contributed by atoms with van der Waals surface area (Å²) in [6.45, 7) is 3.44. The summed E-state index contributed by atoms with van der Waals surface area (Å²) >= 11 is 3.12. The third kappa shape index (κ3) is 2.85. The average Bonchev–Trinajstić information content (AvgIpc) is 2.53. The van der Waals surface area contributed by atoms with E-state index in [-0.39, 0.29) is 12.3 Å². The van der Waals surface area contributed by atoms with Crippen molar-refractivity contribution in [1.82, 2.24) is 4.90 Å². The minimum absolute atomic E-state index is 0.176. The van der Waals surface area contributed by atoms with Gasteiger partial charge in [-0.15, -0.1) is 0 Å². The highest BCUT2D eigenvalue weighted by atomic mass is 79.9. The van der Waals surface area contributed by atoms with E-state index in [0.717, 1.165) is 0 Å². The second-order valence-electron chi connectivity index (χ2n) is 3.28. The molecule has 0 atom stereocenters. The Morgan fingerprint density at radius 3 is 2.56 bits per heavy atom. The molecule has 0 fully saturated rings. The molecule has 0 aliphatic carbocycles. The van der Waals surface area contributed by atoms with Gasteiger partial charge in [0.2, 0.25) is 0 Å². The highest BCUT2D eigenvalue weighted by Gasteiger charge is 2.22. The molecule has 5 nitrogen and oxygen atoms in total. The van der Waals surface area contributed by atoms with Crippen molar-refractivity contribution in [2.45, 2.75) is 13.8 Å². The van der Waals surface area contributed by atoms with Gasteiger partial charge < -0.3 is 14.4 Å². The number of halogens is 1. The predicted octanol–water partition coefficient (Wildman–Crippen LogP) is 1.90. The van der Waals surface area contributed by atoms with E-state index in [1.807, 2.05) is 0 Å². The lowest BCUT2D eigenvalue weighted by Gasteiger charge is -2.17. The maximum absolute atomic E-state index is 11.9. The topological polar surface area (TPSA) is 70.8 Å². The zero-order valence-electron chi connectivity index (χ0n) is 8.99. The molecule has 88 valence electrons. The molecule has 0 bridgehead atoms. The van der Waals surface area contributed by atoms with E-state index in [9.17, 15) is 9.59 Å². The minimum Gasteiger partial charge on any atom is -0.480 e. The smallest absolute Gasteiger partial charge is 0.323 e. The van der Waals surface area contributed by atoms with Crippen molar-refractivity contribution in [3.63, 3.8) is 0 Å². The van der Waals surface area contributed by atoms with Crippen molar-refractivity contribution in [3.05, 3.63) is 22.1 Å². The number of amides is 1. The predicted molar refractivity (Wildman–Crippen MR) is 60.4 cm³/mol. The van der Waals surface area contributed by atoms with Crippen LogP contribution in [0.15, 0.2) is 15.2 Å². The fourth-order valence-electron chi connectivity index (χ4n) is 1.29. The number of hydrogen-bond acceptors (Lipinski definition) is 3. The van der Waals surface area contributed by atoms with Crippen LogP contribution < -0.4 is 0 Å². The molecule has 6 heteroatoms. The number of rotatable bonds is 4. The number of nitrogens with zero attached hydrogens (tertiary/aromatic N) is 1. The molecule has 0 spiro atoms. The Balaban J connectivity index is 2.91. The van der Waals surface area contributed by atoms with Gasteiger partial charge in [0.1, 0.15) is 6.54 Å². The molecule has 16 heavy (non-hydrogen) atoms. The van der Waals surface area contributed by atoms with Crippen LogP contribution in [0, 0.1) is 6.92 Å². The van der Waals surface area contributed by atoms with Gasteiger partial charge in [0.25, 0.3) is 5.91 Å². The molecule has 0 aromatic carbocycles. The van der Waals surface area contributed by atoms with Crippen LogP contribution >= 0.6 is 15.9 Å². The number of carbonyl (C=O) groups excluding carboxylic acids is 1. The lowest BCUT2D eigenvalue weighted by atomic mass is 10.2. The van der Waals surface area contributed by atoms with Gasteiger partial charge in [0.15, 0.2) is 10.4 Å². The summed E-state index contributed by atoms with van der Waals surface area (Å²) in [6.07, 6.45) is 0. The quantitative estimate of drug-likeness (QED) is 0.919. The van der Waals surface area contributed by atoms with Gasteiger partial charge in [-0.2, -0.15) is 0 Å². The van der Waals surface area contributed by atoms with E-state index in [2.05, 4.69) is 15.9 Å². The van der Waals surface area contributed by atoms with Crippen LogP contribution in [-0.2, 0) is 4.79 Å². The molecule has 0 aliphatic rings. The normalized spacial score (nSPS) is 10.2. The third-order valence-electron chi connectivity index (χ3n) is 2.08. The molecule has 0 radical (unpaired) electrons. The van der Waals surface area contributed by atoms with Crippen LogP contribution in [0.2, 0.25) is 0 Å². The first kappa shape index (κ1) is 12.8. The Hall–Kier alpha value is -1.30. The van der Waals surface area contributed by atoms with Gasteiger partial charge in [-0.25, -0.2) is 0 Å². The lowest BCUT2D eigenvalue weighted by molar-refractivity contribution is -0.137. The number of carboxylic acid groups (broad SMARTS) is 1. The molecule has 1 heterocycles. The number of carboxylic acids is 1. The average molecular weight is 290 g/mol. The van der Waals surface area contributed by atoms with E-state index in [4.69, 9.17) is 9.52 Å². The Bertz CT molecular complexity index is 413. The van der Waals surface area contributed by atoms with Gasteiger partial charge in [0.05, 0.1) is 0 Å². The van der Waals surface area contributed by atoms with Gasteiger partial charge >= 0.3 is 5.97 Å². The van der Waals surface area contributed by atoms with Crippen molar-refractivity contribution < 1.29 is 19.1 Å². The largest absolute Gasteiger partial charge is 0.480 e. The second-order valence-corrected chi connectivity index (χ2v) is 4.06. The van der Waals surface area contributed by atoms with E-state index >= 15 is 0 Å². The third-order valence-corrected chi connectivity index (χ3v) is 2.47. The molecule has 1 N–H and O–H groups in total. The SMILES string of the molecule is CCN(CC(=O)O)C(=O)c1oc(Br)cc1C. The number of furan rings is 1. The number of likely N-dealkylation sites (N-methyl/N-ethyl adjacent to an activating group) is 1. The second kappa shape index (κ2) is 5.16. The molecule has 1 aromatic heterocycles. The molecule has 1 amide bonds. The van der Waals surface area contributed by atoms with Gasteiger partial charge in [-0.1, -0.05) is 0 Å². The molecule has 0 saturated carbocycles. The van der Waals surface area contributed by atoms with Crippen molar-refractivity contribution in [2.24, 2.45) is 0 Å². The molecule has 0 unspecified atom stereocenters. The maximum atomic E-state index is 11.9. The van der Waals surface area contributed by atoms with Crippen molar-refractivity contribution >= 4 is 27.8 Å². The van der Waals surface area contributed by atoms with Gasteiger partial charge in [0, 0.05) is 12.1 Å². The van der Waals surface area contributed by atoms with Crippen LogP contribution in [0.1, 0.15) is 23.0 Å². The van der Waals surface area contributed by atoms with Crippen LogP contribution in [0.3, 0.4) is 0 Å². The molecule has 0 aliphatic heterocycles. The zero-order chi connectivity index (χ0) is 12.3.